The van der Waals surface area contributed by atoms with Crippen LogP contribution < -0.4 is 4.74 Å². The van der Waals surface area contributed by atoms with Gasteiger partial charge in [-0.2, -0.15) is 5.10 Å². The molecule has 3 N–H and O–H groups in total. The van der Waals surface area contributed by atoms with Crippen molar-refractivity contribution in [2.45, 2.75) is 33.1 Å². The number of carbonyl (C=O) groups is 2. The number of phenolic OH excluding ortho intramolecular Hbond substituents is 2. The van der Waals surface area contributed by atoms with Gasteiger partial charge in [0.2, 0.25) is 0 Å². The van der Waals surface area contributed by atoms with Crippen molar-refractivity contribution < 1.29 is 24.5 Å². The number of ether oxygens (including phenoxy) is 1. The first-order chi connectivity index (χ1) is 16.2. The molecule has 0 fully saturated rings. The number of benzene rings is 1. The number of H-pyrrole nitrogens is 1. The van der Waals surface area contributed by atoms with Crippen LogP contribution in [-0.2, 0) is 5.41 Å². The number of hydrogen-bond donors (Lipinski definition) is 3. The van der Waals surface area contributed by atoms with E-state index in [4.69, 9.17) is 4.74 Å². The maximum absolute atomic E-state index is 14.0. The van der Waals surface area contributed by atoms with E-state index in [0.717, 1.165) is 0 Å². The number of phenols is 2. The number of carbonyl (C=O) groups excluding carboxylic acids is 2. The van der Waals surface area contributed by atoms with Crippen LogP contribution >= 0.6 is 0 Å². The quantitative estimate of drug-likeness (QED) is 0.384. The maximum atomic E-state index is 14.0. The summed E-state index contributed by atoms with van der Waals surface area (Å²) in [6, 6.07) is 0. The van der Waals surface area contributed by atoms with E-state index in [1.807, 2.05) is 0 Å². The van der Waals surface area contributed by atoms with Gasteiger partial charge in [0.15, 0.2) is 23.0 Å². The van der Waals surface area contributed by atoms with Gasteiger partial charge in [-0.3, -0.25) is 9.59 Å². The summed E-state index contributed by atoms with van der Waals surface area (Å²) in [7, 11) is 0. The number of rotatable bonds is 2. The van der Waals surface area contributed by atoms with Crippen LogP contribution in [0.5, 0.6) is 17.2 Å². The number of allylic oxidation sites excluding steroid dienone is 1. The number of nitrogens with one attached hydrogen (secondary N) is 1. The molecule has 1 aromatic carbocycles. The van der Waals surface area contributed by atoms with Gasteiger partial charge < -0.3 is 19.9 Å². The number of aromatic nitrogens is 6. The summed E-state index contributed by atoms with van der Waals surface area (Å²) in [6.07, 6.45) is 4.50. The smallest absolute Gasteiger partial charge is 0.185 e. The van der Waals surface area contributed by atoms with Crippen molar-refractivity contribution in [3.63, 3.8) is 0 Å². The molecule has 6 rings (SSSR count). The van der Waals surface area contributed by atoms with Crippen LogP contribution in [0.2, 0.25) is 0 Å². The second-order valence-electron chi connectivity index (χ2n) is 8.58. The molecule has 0 spiro atoms. The van der Waals surface area contributed by atoms with Gasteiger partial charge in [-0.1, -0.05) is 0 Å². The van der Waals surface area contributed by atoms with Crippen molar-refractivity contribution >= 4 is 28.8 Å². The first-order valence-electron chi connectivity index (χ1n) is 10.4. The second-order valence-corrected chi connectivity index (χ2v) is 8.58. The van der Waals surface area contributed by atoms with Gasteiger partial charge in [-0.15, -0.1) is 0 Å². The molecule has 3 aromatic heterocycles. The number of ketones is 2. The normalized spacial score (nSPS) is 18.4. The van der Waals surface area contributed by atoms with Gasteiger partial charge in [0, 0.05) is 11.6 Å². The molecule has 4 aromatic rings. The molecule has 4 heterocycles. The fraction of sp³-hybridized carbons (Fsp3) is 0.217. The van der Waals surface area contributed by atoms with E-state index in [0.29, 0.717) is 33.9 Å². The zero-order chi connectivity index (χ0) is 24.1. The predicted molar refractivity (Wildman–Crippen MR) is 118 cm³/mol. The third-order valence-electron chi connectivity index (χ3n) is 6.64. The van der Waals surface area contributed by atoms with Gasteiger partial charge in [0.1, 0.15) is 45.8 Å². The van der Waals surface area contributed by atoms with Crippen LogP contribution in [0.3, 0.4) is 0 Å². The molecule has 1 unspecified atom stereocenters. The van der Waals surface area contributed by atoms with Crippen molar-refractivity contribution in [3.8, 4) is 23.1 Å². The molecule has 1 aliphatic heterocycles. The highest BCUT2D eigenvalue weighted by atomic mass is 16.5. The lowest BCUT2D eigenvalue weighted by Gasteiger charge is -2.27. The summed E-state index contributed by atoms with van der Waals surface area (Å²) in [5.74, 6) is -0.880. The highest BCUT2D eigenvalue weighted by Gasteiger charge is 2.55. The van der Waals surface area contributed by atoms with E-state index in [1.54, 1.807) is 19.9 Å². The number of nitrogens with zero attached hydrogens (tertiary/aromatic N) is 5. The van der Waals surface area contributed by atoms with E-state index < -0.39 is 11.2 Å². The third kappa shape index (κ3) is 2.20. The number of fused-ring (bicyclic) bond motifs is 5. The Bertz CT molecular complexity index is 1650. The first kappa shape index (κ1) is 20.1. The molecule has 34 heavy (non-hydrogen) atoms. The SMILES string of the molecule is CC(=O)c1c(O)c(C)c(O)c2c1OC1=Cc3c(c(C)nn3-c3ncnc4nc[nH]c34)C(=O)C12C. The van der Waals surface area contributed by atoms with Gasteiger partial charge in [-0.25, -0.2) is 19.6 Å². The Morgan fingerprint density at radius 1 is 1.18 bits per heavy atom. The number of aryl methyl sites for hydroxylation is 1. The summed E-state index contributed by atoms with van der Waals surface area (Å²) in [6.45, 7) is 6.11. The molecule has 2 aliphatic rings. The molecule has 170 valence electrons. The maximum Gasteiger partial charge on any atom is 0.185 e. The average molecular weight is 458 g/mol. The zero-order valence-electron chi connectivity index (χ0n) is 18.6. The summed E-state index contributed by atoms with van der Waals surface area (Å²) in [4.78, 5) is 42.0. The lowest BCUT2D eigenvalue weighted by Crippen LogP contribution is -2.36. The largest absolute Gasteiger partial charge is 0.507 e. The highest BCUT2D eigenvalue weighted by molar-refractivity contribution is 6.14. The number of aromatic amines is 1. The predicted octanol–water partition coefficient (Wildman–Crippen LogP) is 2.66. The van der Waals surface area contributed by atoms with Crippen molar-refractivity contribution in [1.82, 2.24) is 29.7 Å². The number of Topliss-reactive ketones (excluding diaryl/α,β-unsaturated/α-hetero) is 2. The molecule has 11 nitrogen and oxygen atoms in total. The molecular formula is C23H18N6O5. The topological polar surface area (TPSA) is 156 Å². The number of aromatic hydroxyl groups is 2. The van der Waals surface area contributed by atoms with Crippen molar-refractivity contribution in [2.24, 2.45) is 0 Å². The molecule has 0 saturated heterocycles. The molecular weight excluding hydrogens is 440 g/mol. The monoisotopic (exact) mass is 458 g/mol. The highest BCUT2D eigenvalue weighted by Crippen LogP contribution is 2.58. The Hall–Kier alpha value is -4.54. The van der Waals surface area contributed by atoms with Crippen molar-refractivity contribution in [3.05, 3.63) is 52.1 Å². The lowest BCUT2D eigenvalue weighted by molar-refractivity contribution is 0.0905. The van der Waals surface area contributed by atoms with Gasteiger partial charge in [-0.05, 0) is 27.7 Å². The minimum absolute atomic E-state index is 0.0180. The first-order valence-corrected chi connectivity index (χ1v) is 10.4. The van der Waals surface area contributed by atoms with Crippen LogP contribution in [0.4, 0.5) is 0 Å². The van der Waals surface area contributed by atoms with E-state index in [9.17, 15) is 19.8 Å². The molecule has 0 radical (unpaired) electrons. The zero-order valence-corrected chi connectivity index (χ0v) is 18.6. The summed E-state index contributed by atoms with van der Waals surface area (Å²) < 4.78 is 7.54. The van der Waals surface area contributed by atoms with E-state index in [-0.39, 0.29) is 45.5 Å². The van der Waals surface area contributed by atoms with Crippen molar-refractivity contribution in [1.29, 1.82) is 0 Å². The average Bonchev–Trinajstić information content (AvgIpc) is 3.47. The molecule has 11 heteroatoms. The minimum atomic E-state index is -1.41. The standard InChI is InChI=1S/C23H18N6O5/c1-8-17(31)14(10(3)30)19-15(18(8)32)23(4)12(34-19)5-11-13(20(23)33)9(2)28-29(11)22-16-21(25-6-24-16)26-7-27-22/h5-7,31-32H,1-4H3,(H,24,25,26,27). The molecule has 0 amide bonds. The fourth-order valence-corrected chi connectivity index (χ4v) is 4.86. The van der Waals surface area contributed by atoms with Gasteiger partial charge in [0.05, 0.1) is 28.8 Å². The van der Waals surface area contributed by atoms with E-state index in [2.05, 4.69) is 25.0 Å². The van der Waals surface area contributed by atoms with Crippen LogP contribution in [0, 0.1) is 13.8 Å². The van der Waals surface area contributed by atoms with Crippen LogP contribution in [0.25, 0.3) is 23.1 Å². The van der Waals surface area contributed by atoms with Gasteiger partial charge >= 0.3 is 0 Å². The second kappa shape index (κ2) is 6.28. The van der Waals surface area contributed by atoms with Crippen LogP contribution in [0.15, 0.2) is 18.4 Å². The van der Waals surface area contributed by atoms with E-state index in [1.165, 1.54) is 31.2 Å². The summed E-state index contributed by atoms with van der Waals surface area (Å²) >= 11 is 0. The Morgan fingerprint density at radius 3 is 2.68 bits per heavy atom. The molecule has 0 bridgehead atoms. The van der Waals surface area contributed by atoms with Crippen molar-refractivity contribution in [2.75, 3.05) is 0 Å². The Balaban J connectivity index is 1.65. The Morgan fingerprint density at radius 2 is 1.94 bits per heavy atom. The van der Waals surface area contributed by atoms with Crippen LogP contribution in [-0.4, -0.2) is 51.5 Å². The van der Waals surface area contributed by atoms with E-state index >= 15 is 0 Å². The molecule has 1 aliphatic carbocycles. The Kier molecular flexibility index (Phi) is 3.71. The third-order valence-corrected chi connectivity index (χ3v) is 6.64. The number of imidazole rings is 1. The summed E-state index contributed by atoms with van der Waals surface area (Å²) in [5.41, 5.74) is 0.972. The number of hydrogen-bond acceptors (Lipinski definition) is 9. The molecule has 1 atom stereocenters. The lowest BCUT2D eigenvalue weighted by atomic mass is 9.71. The summed E-state index contributed by atoms with van der Waals surface area (Å²) in [5, 5.41) is 26.0. The minimum Gasteiger partial charge on any atom is -0.507 e. The fourth-order valence-electron chi connectivity index (χ4n) is 4.86. The van der Waals surface area contributed by atoms with Crippen LogP contribution in [0.1, 0.15) is 57.1 Å². The molecule has 0 saturated carbocycles. The van der Waals surface area contributed by atoms with Gasteiger partial charge in [0.25, 0.3) is 0 Å². The Labute approximate surface area is 191 Å².